The van der Waals surface area contributed by atoms with Crippen LogP contribution in [0.4, 0.5) is 18.9 Å². The Bertz CT molecular complexity index is 813. The molecule has 0 saturated heterocycles. The lowest BCUT2D eigenvalue weighted by atomic mass is 10.0. The van der Waals surface area contributed by atoms with Crippen LogP contribution in [-0.4, -0.2) is 28.2 Å². The fourth-order valence-electron chi connectivity index (χ4n) is 2.55. The van der Waals surface area contributed by atoms with E-state index in [1.165, 1.54) is 0 Å². The van der Waals surface area contributed by atoms with E-state index in [-0.39, 0.29) is 6.15 Å². The Morgan fingerprint density at radius 1 is 1.30 bits per heavy atom. The zero-order valence-corrected chi connectivity index (χ0v) is 16.2. The Morgan fingerprint density at radius 3 is 2.33 bits per heavy atom. The normalized spacial score (nSPS) is 12.0. The maximum atomic E-state index is 12.7. The van der Waals surface area contributed by atoms with Crippen molar-refractivity contribution in [2.45, 2.75) is 52.9 Å². The highest BCUT2D eigenvalue weighted by Crippen LogP contribution is 2.35. The zero-order chi connectivity index (χ0) is 20.8. The molecular weight excluding hydrogens is 383 g/mol. The van der Waals surface area contributed by atoms with Gasteiger partial charge in [0.05, 0.1) is 16.4 Å². The number of halogens is 4. The lowest BCUT2D eigenvalue weighted by Gasteiger charge is -2.19. The second kappa shape index (κ2) is 9.58. The molecule has 1 aromatic carbocycles. The first kappa shape index (κ1) is 22.7. The number of nitrogens with one attached hydrogen (secondary N) is 1. The predicted octanol–water partition coefficient (Wildman–Crippen LogP) is 4.87. The van der Waals surface area contributed by atoms with E-state index in [1.54, 1.807) is 18.2 Å². The minimum absolute atomic E-state index is 0.250. The van der Waals surface area contributed by atoms with Crippen LogP contribution in [0.3, 0.4) is 0 Å². The van der Waals surface area contributed by atoms with Crippen molar-refractivity contribution in [2.75, 3.05) is 5.32 Å². The van der Waals surface area contributed by atoms with E-state index in [2.05, 4.69) is 10.4 Å². The van der Waals surface area contributed by atoms with Crippen LogP contribution >= 0.6 is 11.6 Å². The highest BCUT2D eigenvalue weighted by Gasteiger charge is 2.35. The molecule has 148 valence electrons. The second-order valence-electron chi connectivity index (χ2n) is 5.80. The number of anilines is 1. The molecule has 0 spiro atoms. The van der Waals surface area contributed by atoms with Crippen LogP contribution in [0.1, 0.15) is 32.0 Å². The van der Waals surface area contributed by atoms with Crippen molar-refractivity contribution in [1.29, 1.82) is 0 Å². The van der Waals surface area contributed by atoms with E-state index < -0.39 is 12.2 Å². The lowest BCUT2D eigenvalue weighted by molar-refractivity contribution is -0.191. The Morgan fingerprint density at radius 2 is 1.89 bits per heavy atom. The van der Waals surface area contributed by atoms with Crippen molar-refractivity contribution < 1.29 is 22.8 Å². The maximum Gasteiger partial charge on any atom is 0.408 e. The summed E-state index contributed by atoms with van der Waals surface area (Å²) in [7, 11) is 0. The minimum atomic E-state index is -4.28. The lowest BCUT2D eigenvalue weighted by Crippen LogP contribution is -2.33. The number of hydrogen-bond donors (Lipinski definition) is 1. The summed E-state index contributed by atoms with van der Waals surface area (Å²) in [5.74, 6) is 0. The number of nitrogens with zero attached hydrogens (tertiary/aromatic N) is 2. The molecule has 2 rings (SSSR count). The largest absolute Gasteiger partial charge is 0.408 e. The number of hydrogen-bond acceptors (Lipinski definition) is 4. The average Bonchev–Trinajstić information content (AvgIpc) is 2.91. The van der Waals surface area contributed by atoms with Gasteiger partial charge in [-0.25, -0.2) is 0 Å². The molecule has 5 nitrogen and oxygen atoms in total. The molecule has 1 N–H and O–H groups in total. The third kappa shape index (κ3) is 5.58. The molecule has 1 aromatic heterocycles. The molecule has 0 aliphatic heterocycles. The van der Waals surface area contributed by atoms with E-state index >= 15 is 0 Å². The van der Waals surface area contributed by atoms with Crippen molar-refractivity contribution in [3.8, 4) is 11.3 Å². The first-order valence-electron chi connectivity index (χ1n) is 8.29. The summed E-state index contributed by atoms with van der Waals surface area (Å²) in [6.45, 7) is 7.58. The summed E-state index contributed by atoms with van der Waals surface area (Å²) in [6, 6.07) is 3.51. The Hall–Kier alpha value is -2.31. The molecule has 0 fully saturated rings. The molecule has 2 aromatic rings. The van der Waals surface area contributed by atoms with E-state index in [0.717, 1.165) is 35.9 Å². The zero-order valence-electron chi connectivity index (χ0n) is 15.4. The van der Waals surface area contributed by atoms with Crippen LogP contribution in [0.2, 0.25) is 5.02 Å². The van der Waals surface area contributed by atoms with Crippen molar-refractivity contribution in [1.82, 2.24) is 9.78 Å². The second-order valence-corrected chi connectivity index (χ2v) is 6.18. The van der Waals surface area contributed by atoms with E-state index in [1.807, 2.05) is 25.5 Å². The molecule has 0 saturated carbocycles. The van der Waals surface area contributed by atoms with Crippen LogP contribution in [0.15, 0.2) is 18.2 Å². The highest BCUT2D eigenvalue weighted by atomic mass is 35.5. The standard InChI is InChI=1S/C17H21ClF3N3.CO2/c1-5-14-15(18)16(24(6-2)23-14)13-8-7-12(9-10(13)3)22-11(4)17(19,20)21;2-1-3/h7-9,11,22H,5-6H2,1-4H3;/t11-;/m1./s1. The van der Waals surface area contributed by atoms with Crippen molar-refractivity contribution >= 4 is 23.4 Å². The first-order chi connectivity index (χ1) is 12.6. The molecule has 0 amide bonds. The van der Waals surface area contributed by atoms with Crippen molar-refractivity contribution in [2.24, 2.45) is 0 Å². The molecule has 27 heavy (non-hydrogen) atoms. The number of alkyl halides is 3. The molecular formula is C18H21ClF3N3O2. The van der Waals surface area contributed by atoms with Crippen LogP contribution in [-0.2, 0) is 22.6 Å². The predicted molar refractivity (Wildman–Crippen MR) is 96.6 cm³/mol. The summed E-state index contributed by atoms with van der Waals surface area (Å²) in [6.07, 6.45) is -3.31. The third-order valence-electron chi connectivity index (χ3n) is 3.95. The van der Waals surface area contributed by atoms with Crippen LogP contribution in [0.25, 0.3) is 11.3 Å². The topological polar surface area (TPSA) is 64.0 Å². The van der Waals surface area contributed by atoms with Crippen LogP contribution in [0, 0.1) is 6.92 Å². The van der Waals surface area contributed by atoms with Gasteiger partial charge < -0.3 is 5.32 Å². The highest BCUT2D eigenvalue weighted by molar-refractivity contribution is 6.33. The molecule has 0 radical (unpaired) electrons. The first-order valence-corrected chi connectivity index (χ1v) is 8.67. The Kier molecular flexibility index (Phi) is 8.06. The SMILES string of the molecule is CCc1nn(CC)c(-c2ccc(N[C@H](C)C(F)(F)F)cc2C)c1Cl.O=C=O. The van der Waals surface area contributed by atoms with E-state index in [9.17, 15) is 13.2 Å². The average molecular weight is 404 g/mol. The quantitative estimate of drug-likeness (QED) is 0.773. The van der Waals surface area contributed by atoms with Gasteiger partial charge in [0.25, 0.3) is 0 Å². The maximum absolute atomic E-state index is 12.7. The van der Waals surface area contributed by atoms with Gasteiger partial charge in [-0.3, -0.25) is 4.68 Å². The molecule has 0 aliphatic carbocycles. The monoisotopic (exact) mass is 403 g/mol. The van der Waals surface area contributed by atoms with Gasteiger partial charge in [-0.05, 0) is 44.9 Å². The number of rotatable bonds is 5. The number of aryl methyl sites for hydroxylation is 3. The van der Waals surface area contributed by atoms with Gasteiger partial charge in [0.15, 0.2) is 0 Å². The van der Waals surface area contributed by atoms with Gasteiger partial charge in [-0.15, -0.1) is 0 Å². The van der Waals surface area contributed by atoms with Gasteiger partial charge in [0, 0.05) is 17.8 Å². The molecule has 9 heteroatoms. The minimum Gasteiger partial charge on any atom is -0.374 e. The Labute approximate surface area is 160 Å². The number of benzene rings is 1. The van der Waals surface area contributed by atoms with Gasteiger partial charge in [0.2, 0.25) is 0 Å². The number of aromatic nitrogens is 2. The molecule has 0 bridgehead atoms. The molecule has 1 atom stereocenters. The van der Waals surface area contributed by atoms with Crippen molar-refractivity contribution in [3.05, 3.63) is 34.5 Å². The fourth-order valence-corrected chi connectivity index (χ4v) is 2.92. The summed E-state index contributed by atoms with van der Waals surface area (Å²) in [5.41, 5.74) is 3.77. The van der Waals surface area contributed by atoms with E-state index in [0.29, 0.717) is 17.3 Å². The summed E-state index contributed by atoms with van der Waals surface area (Å²) >= 11 is 6.45. The van der Waals surface area contributed by atoms with Crippen LogP contribution in [0.5, 0.6) is 0 Å². The molecule has 1 heterocycles. The summed E-state index contributed by atoms with van der Waals surface area (Å²) in [5, 5.41) is 7.57. The van der Waals surface area contributed by atoms with Gasteiger partial charge in [-0.2, -0.15) is 27.9 Å². The summed E-state index contributed by atoms with van der Waals surface area (Å²) in [4.78, 5) is 16.2. The van der Waals surface area contributed by atoms with Gasteiger partial charge in [0.1, 0.15) is 6.04 Å². The summed E-state index contributed by atoms with van der Waals surface area (Å²) < 4.78 is 39.9. The van der Waals surface area contributed by atoms with Crippen LogP contribution < -0.4 is 5.32 Å². The van der Waals surface area contributed by atoms with E-state index in [4.69, 9.17) is 21.2 Å². The van der Waals surface area contributed by atoms with Gasteiger partial charge >= 0.3 is 12.3 Å². The molecule has 0 aliphatic rings. The fraction of sp³-hybridized carbons (Fsp3) is 0.444. The van der Waals surface area contributed by atoms with Gasteiger partial charge in [-0.1, -0.05) is 24.6 Å². The number of carbonyl (C=O) groups excluding carboxylic acids is 2. The Balaban J connectivity index is 0.00000114. The molecule has 0 unspecified atom stereocenters. The third-order valence-corrected chi connectivity index (χ3v) is 4.35. The smallest absolute Gasteiger partial charge is 0.374 e. The van der Waals surface area contributed by atoms with Crippen molar-refractivity contribution in [3.63, 3.8) is 0 Å².